The van der Waals surface area contributed by atoms with Crippen LogP contribution in [0.1, 0.15) is 32.3 Å². The summed E-state index contributed by atoms with van der Waals surface area (Å²) >= 11 is 3.54. The third-order valence-corrected chi connectivity index (χ3v) is 3.64. The fourth-order valence-electron chi connectivity index (χ4n) is 2.15. The van der Waals surface area contributed by atoms with Crippen LogP contribution in [0.5, 0.6) is 0 Å². The highest BCUT2D eigenvalue weighted by atomic mass is 79.9. The summed E-state index contributed by atoms with van der Waals surface area (Å²) in [6.07, 6.45) is 3.43. The maximum absolute atomic E-state index is 5.49. The lowest BCUT2D eigenvalue weighted by atomic mass is 9.96. The van der Waals surface area contributed by atoms with Crippen molar-refractivity contribution in [2.45, 2.75) is 33.1 Å². The summed E-state index contributed by atoms with van der Waals surface area (Å²) in [6, 6.07) is 8.61. The minimum Gasteiger partial charge on any atom is -0.382 e. The summed E-state index contributed by atoms with van der Waals surface area (Å²) < 4.78 is 6.66. The molecule has 0 spiro atoms. The first-order chi connectivity index (χ1) is 9.26. The van der Waals surface area contributed by atoms with Crippen LogP contribution >= 0.6 is 15.9 Å². The number of hydrogen-bond acceptors (Lipinski definition) is 2. The molecule has 1 unspecified atom stereocenters. The zero-order chi connectivity index (χ0) is 13.9. The van der Waals surface area contributed by atoms with E-state index in [1.165, 1.54) is 12.0 Å². The summed E-state index contributed by atoms with van der Waals surface area (Å²) in [5.74, 6) is 0.646. The van der Waals surface area contributed by atoms with Crippen molar-refractivity contribution in [2.24, 2.45) is 5.92 Å². The Labute approximate surface area is 126 Å². The van der Waals surface area contributed by atoms with Gasteiger partial charge in [-0.05, 0) is 62.9 Å². The van der Waals surface area contributed by atoms with E-state index in [-0.39, 0.29) is 0 Å². The number of ether oxygens (including phenoxy) is 1. The van der Waals surface area contributed by atoms with Crippen LogP contribution in [0.3, 0.4) is 0 Å². The van der Waals surface area contributed by atoms with Crippen LogP contribution in [-0.4, -0.2) is 26.3 Å². The van der Waals surface area contributed by atoms with E-state index in [2.05, 4.69) is 59.4 Å². The Morgan fingerprint density at radius 2 is 2.16 bits per heavy atom. The van der Waals surface area contributed by atoms with E-state index in [0.29, 0.717) is 5.92 Å². The van der Waals surface area contributed by atoms with Gasteiger partial charge in [-0.15, -0.1) is 0 Å². The molecule has 1 atom stereocenters. The van der Waals surface area contributed by atoms with Crippen molar-refractivity contribution < 1.29 is 4.74 Å². The summed E-state index contributed by atoms with van der Waals surface area (Å²) in [7, 11) is 0. The Morgan fingerprint density at radius 3 is 2.84 bits per heavy atom. The van der Waals surface area contributed by atoms with Crippen molar-refractivity contribution in [1.29, 1.82) is 0 Å². The van der Waals surface area contributed by atoms with Crippen molar-refractivity contribution >= 4 is 15.9 Å². The monoisotopic (exact) mass is 327 g/mol. The lowest BCUT2D eigenvalue weighted by molar-refractivity contribution is 0.131. The molecule has 0 amide bonds. The fourth-order valence-corrected chi connectivity index (χ4v) is 2.60. The predicted octanol–water partition coefficient (Wildman–Crippen LogP) is 4.03. The molecule has 0 aliphatic heterocycles. The van der Waals surface area contributed by atoms with Crippen molar-refractivity contribution in [3.63, 3.8) is 0 Å². The Kier molecular flexibility index (Phi) is 9.14. The van der Waals surface area contributed by atoms with Gasteiger partial charge in [0.15, 0.2) is 0 Å². The predicted molar refractivity (Wildman–Crippen MR) is 85.6 cm³/mol. The van der Waals surface area contributed by atoms with E-state index in [1.807, 2.05) is 0 Å². The molecule has 1 rings (SSSR count). The zero-order valence-electron chi connectivity index (χ0n) is 12.1. The van der Waals surface area contributed by atoms with Crippen LogP contribution in [0, 0.1) is 5.92 Å². The highest BCUT2D eigenvalue weighted by molar-refractivity contribution is 9.10. The van der Waals surface area contributed by atoms with Crippen LogP contribution in [0.15, 0.2) is 28.7 Å². The Morgan fingerprint density at radius 1 is 1.32 bits per heavy atom. The number of benzene rings is 1. The Balaban J connectivity index is 2.46. The third-order valence-electron chi connectivity index (χ3n) is 3.15. The largest absolute Gasteiger partial charge is 0.382 e. The molecule has 19 heavy (non-hydrogen) atoms. The second-order valence-electron chi connectivity index (χ2n) is 4.89. The van der Waals surface area contributed by atoms with Crippen molar-refractivity contribution in [2.75, 3.05) is 26.3 Å². The highest BCUT2D eigenvalue weighted by Gasteiger charge is 2.09. The lowest BCUT2D eigenvalue weighted by Crippen LogP contribution is -2.26. The molecule has 1 aromatic rings. The summed E-state index contributed by atoms with van der Waals surface area (Å²) in [6.45, 7) is 8.11. The van der Waals surface area contributed by atoms with Crippen LogP contribution < -0.4 is 5.32 Å². The van der Waals surface area contributed by atoms with Gasteiger partial charge in [-0.3, -0.25) is 0 Å². The molecule has 1 aromatic carbocycles. The molecule has 0 bridgehead atoms. The van der Waals surface area contributed by atoms with Gasteiger partial charge in [-0.1, -0.05) is 35.0 Å². The second kappa shape index (κ2) is 10.4. The number of hydrogen-bond donors (Lipinski definition) is 1. The molecule has 0 saturated heterocycles. The van der Waals surface area contributed by atoms with Gasteiger partial charge in [-0.25, -0.2) is 0 Å². The maximum atomic E-state index is 5.49. The van der Waals surface area contributed by atoms with Crippen LogP contribution in [0.2, 0.25) is 0 Å². The van der Waals surface area contributed by atoms with Crippen LogP contribution in [0.4, 0.5) is 0 Å². The average molecular weight is 328 g/mol. The van der Waals surface area contributed by atoms with Gasteiger partial charge >= 0.3 is 0 Å². The minimum atomic E-state index is 0.646. The second-order valence-corrected chi connectivity index (χ2v) is 5.81. The normalized spacial score (nSPS) is 12.6. The molecule has 0 aromatic heterocycles. The van der Waals surface area contributed by atoms with E-state index < -0.39 is 0 Å². The maximum Gasteiger partial charge on any atom is 0.0469 e. The van der Waals surface area contributed by atoms with Crippen LogP contribution in [0.25, 0.3) is 0 Å². The first-order valence-electron chi connectivity index (χ1n) is 7.29. The molecule has 1 N–H and O–H groups in total. The van der Waals surface area contributed by atoms with Gasteiger partial charge in [0.05, 0.1) is 0 Å². The number of nitrogens with one attached hydrogen (secondary N) is 1. The molecule has 3 heteroatoms. The molecule has 0 aliphatic rings. The summed E-state index contributed by atoms with van der Waals surface area (Å²) in [5.41, 5.74) is 1.40. The van der Waals surface area contributed by atoms with Crippen molar-refractivity contribution in [3.8, 4) is 0 Å². The van der Waals surface area contributed by atoms with Gasteiger partial charge in [-0.2, -0.15) is 0 Å². The topological polar surface area (TPSA) is 21.3 Å². The van der Waals surface area contributed by atoms with E-state index >= 15 is 0 Å². The smallest absolute Gasteiger partial charge is 0.0469 e. The van der Waals surface area contributed by atoms with Gasteiger partial charge in [0.25, 0.3) is 0 Å². The Hall–Kier alpha value is -0.380. The van der Waals surface area contributed by atoms with Gasteiger partial charge in [0, 0.05) is 17.7 Å². The van der Waals surface area contributed by atoms with E-state index in [0.717, 1.165) is 43.6 Å². The Bertz CT molecular complexity index is 333. The van der Waals surface area contributed by atoms with Crippen LogP contribution in [-0.2, 0) is 11.2 Å². The first-order valence-corrected chi connectivity index (χ1v) is 8.08. The average Bonchev–Trinajstić information content (AvgIpc) is 2.39. The fraction of sp³-hybridized carbons (Fsp3) is 0.625. The molecule has 2 nitrogen and oxygen atoms in total. The van der Waals surface area contributed by atoms with Gasteiger partial charge in [0.1, 0.15) is 0 Å². The third kappa shape index (κ3) is 7.71. The molecule has 0 radical (unpaired) electrons. The zero-order valence-corrected chi connectivity index (χ0v) is 13.7. The number of halogens is 1. The number of rotatable bonds is 10. The first kappa shape index (κ1) is 16.7. The molecule has 0 aliphatic carbocycles. The molecule has 0 fully saturated rings. The van der Waals surface area contributed by atoms with E-state index in [9.17, 15) is 0 Å². The van der Waals surface area contributed by atoms with Gasteiger partial charge < -0.3 is 10.1 Å². The molecule has 0 heterocycles. The van der Waals surface area contributed by atoms with Gasteiger partial charge in [0.2, 0.25) is 0 Å². The van der Waals surface area contributed by atoms with E-state index in [1.54, 1.807) is 0 Å². The molecular formula is C16H26BrNO. The summed E-state index contributed by atoms with van der Waals surface area (Å²) in [5, 5.41) is 3.53. The van der Waals surface area contributed by atoms with Crippen molar-refractivity contribution in [3.05, 3.63) is 34.3 Å². The SMILES string of the molecule is CCCNCC(CCOCC)Cc1cccc(Br)c1. The standard InChI is InChI=1S/C16H26BrNO/c1-3-9-18-13-15(8-10-19-4-2)11-14-6-5-7-16(17)12-14/h5-7,12,15,18H,3-4,8-11,13H2,1-2H3. The quantitative estimate of drug-likeness (QED) is 0.655. The highest BCUT2D eigenvalue weighted by Crippen LogP contribution is 2.17. The molecule has 0 saturated carbocycles. The minimum absolute atomic E-state index is 0.646. The van der Waals surface area contributed by atoms with E-state index in [4.69, 9.17) is 4.74 Å². The lowest BCUT2D eigenvalue weighted by Gasteiger charge is -2.18. The summed E-state index contributed by atoms with van der Waals surface area (Å²) in [4.78, 5) is 0. The molecule has 108 valence electrons. The molecular weight excluding hydrogens is 302 g/mol. The van der Waals surface area contributed by atoms with Crippen molar-refractivity contribution in [1.82, 2.24) is 5.32 Å².